The van der Waals surface area contributed by atoms with Gasteiger partial charge in [-0.15, -0.1) is 0 Å². The molecule has 1 saturated heterocycles. The molecule has 0 bridgehead atoms. The summed E-state index contributed by atoms with van der Waals surface area (Å²) in [7, 11) is 0. The second kappa shape index (κ2) is 7.34. The molecule has 1 N–H and O–H groups in total. The summed E-state index contributed by atoms with van der Waals surface area (Å²) < 4.78 is 37.8. The normalized spacial score (nSPS) is 17.8. The molecule has 1 heterocycles. The van der Waals surface area contributed by atoms with Crippen LogP contribution in [0.4, 0.5) is 18.9 Å². The first kappa shape index (κ1) is 18.8. The Morgan fingerprint density at radius 1 is 1.08 bits per heavy atom. The van der Waals surface area contributed by atoms with Crippen molar-refractivity contribution < 1.29 is 18.0 Å². The zero-order valence-electron chi connectivity index (χ0n) is 12.8. The first-order valence-electron chi connectivity index (χ1n) is 7.15. The van der Waals surface area contributed by atoms with Crippen molar-refractivity contribution in [2.24, 2.45) is 4.99 Å². The number of rotatable bonds is 2. The Morgan fingerprint density at radius 3 is 2.42 bits per heavy atom. The SMILES string of the molecule is O=C1NC(=Nc2cccc(Cl)c2Cl)S/C1=C/c1ccc(C(F)(F)F)cc1. The smallest absolute Gasteiger partial charge is 0.300 e. The van der Waals surface area contributed by atoms with Crippen molar-refractivity contribution in [2.45, 2.75) is 6.18 Å². The van der Waals surface area contributed by atoms with Crippen molar-refractivity contribution in [2.75, 3.05) is 0 Å². The molecule has 0 aromatic heterocycles. The van der Waals surface area contributed by atoms with Gasteiger partial charge >= 0.3 is 6.18 Å². The van der Waals surface area contributed by atoms with Crippen LogP contribution in [-0.4, -0.2) is 11.1 Å². The molecule has 0 saturated carbocycles. The second-order valence-corrected chi connectivity index (χ2v) is 6.99. The van der Waals surface area contributed by atoms with Crippen LogP contribution in [0, 0.1) is 0 Å². The van der Waals surface area contributed by atoms with E-state index >= 15 is 0 Å². The molecule has 0 unspecified atom stereocenters. The van der Waals surface area contributed by atoms with Crippen LogP contribution in [0.2, 0.25) is 10.0 Å². The zero-order valence-corrected chi connectivity index (χ0v) is 15.1. The second-order valence-electron chi connectivity index (χ2n) is 5.17. The molecule has 26 heavy (non-hydrogen) atoms. The molecular weight excluding hydrogens is 408 g/mol. The largest absolute Gasteiger partial charge is 0.416 e. The molecule has 3 rings (SSSR count). The number of hydrogen-bond donors (Lipinski definition) is 1. The summed E-state index contributed by atoms with van der Waals surface area (Å²) in [5, 5.41) is 3.48. The summed E-state index contributed by atoms with van der Waals surface area (Å²) in [5.74, 6) is -0.396. The summed E-state index contributed by atoms with van der Waals surface area (Å²) >= 11 is 13.0. The van der Waals surface area contributed by atoms with Crippen molar-refractivity contribution in [3.63, 3.8) is 0 Å². The molecule has 1 aliphatic heterocycles. The van der Waals surface area contributed by atoms with Crippen LogP contribution in [0.3, 0.4) is 0 Å². The van der Waals surface area contributed by atoms with Crippen molar-refractivity contribution >= 4 is 57.8 Å². The number of alkyl halides is 3. The standard InChI is InChI=1S/C17H9Cl2F3N2OS/c18-11-2-1-3-12(14(11)19)23-16-24-15(25)13(26-16)8-9-4-6-10(7-5-9)17(20,21)22/h1-8H,(H,23,24,25)/b13-8+. The highest BCUT2D eigenvalue weighted by Crippen LogP contribution is 2.35. The first-order valence-corrected chi connectivity index (χ1v) is 8.72. The van der Waals surface area contributed by atoms with Crippen molar-refractivity contribution in [3.05, 3.63) is 68.5 Å². The molecule has 0 radical (unpaired) electrons. The number of amides is 1. The molecule has 2 aromatic carbocycles. The number of amidine groups is 1. The van der Waals surface area contributed by atoms with Crippen LogP contribution in [0.15, 0.2) is 52.4 Å². The molecule has 134 valence electrons. The highest BCUT2D eigenvalue weighted by Gasteiger charge is 2.30. The van der Waals surface area contributed by atoms with E-state index in [1.165, 1.54) is 18.2 Å². The molecule has 0 aliphatic carbocycles. The average molecular weight is 417 g/mol. The van der Waals surface area contributed by atoms with Gasteiger partial charge in [0, 0.05) is 0 Å². The minimum Gasteiger partial charge on any atom is -0.300 e. The van der Waals surface area contributed by atoms with E-state index in [-0.39, 0.29) is 5.02 Å². The first-order chi connectivity index (χ1) is 12.2. The van der Waals surface area contributed by atoms with Gasteiger partial charge in [-0.3, -0.25) is 4.79 Å². The van der Waals surface area contributed by atoms with E-state index < -0.39 is 17.6 Å². The summed E-state index contributed by atoms with van der Waals surface area (Å²) in [6.07, 6.45) is -2.91. The van der Waals surface area contributed by atoms with Gasteiger partial charge in [-0.2, -0.15) is 13.2 Å². The molecular formula is C17H9Cl2F3N2OS. The highest BCUT2D eigenvalue weighted by atomic mass is 35.5. The van der Waals surface area contributed by atoms with E-state index in [0.29, 0.717) is 26.3 Å². The van der Waals surface area contributed by atoms with Gasteiger partial charge in [-0.25, -0.2) is 4.99 Å². The molecule has 2 aromatic rings. The number of halogens is 5. The third-order valence-corrected chi connectivity index (χ3v) is 5.06. The predicted molar refractivity (Wildman–Crippen MR) is 98.7 cm³/mol. The van der Waals surface area contributed by atoms with Crippen LogP contribution < -0.4 is 5.32 Å². The van der Waals surface area contributed by atoms with Crippen LogP contribution in [0.25, 0.3) is 6.08 Å². The Bertz CT molecular complexity index is 925. The fraction of sp³-hybridized carbons (Fsp3) is 0.0588. The lowest BCUT2D eigenvalue weighted by atomic mass is 10.1. The fourth-order valence-electron chi connectivity index (χ4n) is 2.09. The monoisotopic (exact) mass is 416 g/mol. The summed E-state index contributed by atoms with van der Waals surface area (Å²) in [4.78, 5) is 16.6. The summed E-state index contributed by atoms with van der Waals surface area (Å²) in [6, 6.07) is 9.46. The maximum Gasteiger partial charge on any atom is 0.416 e. The number of thioether (sulfide) groups is 1. The van der Waals surface area contributed by atoms with E-state index in [0.717, 1.165) is 23.9 Å². The van der Waals surface area contributed by atoms with E-state index in [1.807, 2.05) is 0 Å². The molecule has 3 nitrogen and oxygen atoms in total. The number of carbonyl (C=O) groups excluding carboxylic acids is 1. The van der Waals surface area contributed by atoms with Gasteiger partial charge in [0.25, 0.3) is 5.91 Å². The van der Waals surface area contributed by atoms with Crippen LogP contribution >= 0.6 is 35.0 Å². The topological polar surface area (TPSA) is 41.5 Å². The third kappa shape index (κ3) is 4.23. The van der Waals surface area contributed by atoms with Crippen LogP contribution in [-0.2, 0) is 11.0 Å². The number of aliphatic imine (C=N–C) groups is 1. The number of nitrogens with one attached hydrogen (secondary N) is 1. The van der Waals surface area contributed by atoms with E-state index in [2.05, 4.69) is 10.3 Å². The van der Waals surface area contributed by atoms with E-state index in [9.17, 15) is 18.0 Å². The number of nitrogens with zero attached hydrogens (tertiary/aromatic N) is 1. The minimum absolute atomic E-state index is 0.261. The van der Waals surface area contributed by atoms with Gasteiger partial charge in [0.15, 0.2) is 5.17 Å². The van der Waals surface area contributed by atoms with Crippen molar-refractivity contribution in [1.29, 1.82) is 0 Å². The molecule has 9 heteroatoms. The third-order valence-electron chi connectivity index (χ3n) is 3.34. The molecule has 0 spiro atoms. The number of hydrogen-bond acceptors (Lipinski definition) is 3. The number of carbonyl (C=O) groups is 1. The maximum atomic E-state index is 12.6. The van der Waals surface area contributed by atoms with Gasteiger partial charge in [0.1, 0.15) is 0 Å². The Labute approximate surface area is 160 Å². The Balaban J connectivity index is 1.82. The van der Waals surface area contributed by atoms with Gasteiger partial charge in [0.2, 0.25) is 0 Å². The lowest BCUT2D eigenvalue weighted by molar-refractivity contribution is -0.137. The Kier molecular flexibility index (Phi) is 5.32. The summed E-state index contributed by atoms with van der Waals surface area (Å²) in [6.45, 7) is 0. The Hall–Kier alpha value is -1.96. The van der Waals surface area contributed by atoms with Gasteiger partial charge in [-0.1, -0.05) is 41.4 Å². The van der Waals surface area contributed by atoms with Crippen molar-refractivity contribution in [3.8, 4) is 0 Å². The lowest BCUT2D eigenvalue weighted by Crippen LogP contribution is -2.19. The van der Waals surface area contributed by atoms with E-state index in [1.54, 1.807) is 18.2 Å². The van der Waals surface area contributed by atoms with Gasteiger partial charge in [0.05, 0.1) is 26.2 Å². The number of benzene rings is 2. The van der Waals surface area contributed by atoms with Crippen LogP contribution in [0.5, 0.6) is 0 Å². The van der Waals surface area contributed by atoms with Gasteiger partial charge < -0.3 is 5.32 Å². The maximum absolute atomic E-state index is 12.6. The highest BCUT2D eigenvalue weighted by molar-refractivity contribution is 8.18. The molecule has 1 aliphatic rings. The van der Waals surface area contributed by atoms with Gasteiger partial charge in [-0.05, 0) is 47.7 Å². The summed E-state index contributed by atoms with van der Waals surface area (Å²) in [5.41, 5.74) is 0.122. The molecule has 1 amide bonds. The molecule has 0 atom stereocenters. The predicted octanol–water partition coefficient (Wildman–Crippen LogP) is 5.90. The van der Waals surface area contributed by atoms with Crippen molar-refractivity contribution in [1.82, 2.24) is 5.32 Å². The Morgan fingerprint density at radius 2 is 1.77 bits per heavy atom. The lowest BCUT2D eigenvalue weighted by Gasteiger charge is -2.06. The average Bonchev–Trinajstić information content (AvgIpc) is 2.91. The molecule has 1 fully saturated rings. The minimum atomic E-state index is -4.40. The van der Waals surface area contributed by atoms with E-state index in [4.69, 9.17) is 23.2 Å². The fourth-order valence-corrected chi connectivity index (χ4v) is 3.26. The van der Waals surface area contributed by atoms with Crippen LogP contribution in [0.1, 0.15) is 11.1 Å². The quantitative estimate of drug-likeness (QED) is 0.618. The zero-order chi connectivity index (χ0) is 18.9.